The fourth-order valence-corrected chi connectivity index (χ4v) is 1.25. The lowest BCUT2D eigenvalue weighted by Gasteiger charge is -2.04. The van der Waals surface area contributed by atoms with E-state index in [2.05, 4.69) is 0 Å². The third-order valence-electron chi connectivity index (χ3n) is 1.64. The SMILES string of the molecule is COc1cccc(/C=C/C(N)=O)c1Cl. The smallest absolute Gasteiger partial charge is 0.241 e. The Bertz CT molecular complexity index is 374. The molecule has 0 fully saturated rings. The van der Waals surface area contributed by atoms with Crippen molar-refractivity contribution in [3.63, 3.8) is 0 Å². The van der Waals surface area contributed by atoms with Gasteiger partial charge in [0.05, 0.1) is 12.1 Å². The first-order chi connectivity index (χ1) is 6.65. The van der Waals surface area contributed by atoms with Crippen LogP contribution in [0.5, 0.6) is 5.75 Å². The van der Waals surface area contributed by atoms with Crippen molar-refractivity contribution in [1.29, 1.82) is 0 Å². The predicted molar refractivity (Wildman–Crippen MR) is 56.2 cm³/mol. The van der Waals surface area contributed by atoms with E-state index in [0.29, 0.717) is 16.3 Å². The van der Waals surface area contributed by atoms with E-state index in [1.165, 1.54) is 13.2 Å². The Hall–Kier alpha value is -1.48. The Morgan fingerprint density at radius 1 is 1.57 bits per heavy atom. The average molecular weight is 212 g/mol. The molecular formula is C10H10ClNO2. The Labute approximate surface area is 87.1 Å². The van der Waals surface area contributed by atoms with E-state index in [4.69, 9.17) is 22.1 Å². The van der Waals surface area contributed by atoms with Crippen molar-refractivity contribution in [3.05, 3.63) is 34.9 Å². The molecule has 0 bridgehead atoms. The van der Waals surface area contributed by atoms with Crippen LogP contribution in [0.25, 0.3) is 6.08 Å². The number of benzene rings is 1. The Morgan fingerprint density at radius 2 is 2.29 bits per heavy atom. The zero-order chi connectivity index (χ0) is 10.6. The number of hydrogen-bond donors (Lipinski definition) is 1. The largest absolute Gasteiger partial charge is 0.495 e. The van der Waals surface area contributed by atoms with Crippen LogP contribution in [0.3, 0.4) is 0 Å². The van der Waals surface area contributed by atoms with Crippen LogP contribution in [0.2, 0.25) is 5.02 Å². The molecule has 1 aromatic carbocycles. The molecule has 0 unspecified atom stereocenters. The molecule has 3 nitrogen and oxygen atoms in total. The fraction of sp³-hybridized carbons (Fsp3) is 0.100. The quantitative estimate of drug-likeness (QED) is 0.776. The molecule has 0 aromatic heterocycles. The molecule has 2 N–H and O–H groups in total. The molecule has 0 saturated heterocycles. The molecule has 0 aliphatic rings. The van der Waals surface area contributed by atoms with Crippen LogP contribution in [0.1, 0.15) is 5.56 Å². The number of halogens is 1. The van der Waals surface area contributed by atoms with Gasteiger partial charge < -0.3 is 10.5 Å². The monoisotopic (exact) mass is 211 g/mol. The second kappa shape index (κ2) is 4.67. The first-order valence-corrected chi connectivity index (χ1v) is 4.33. The number of nitrogens with two attached hydrogens (primary N) is 1. The Kier molecular flexibility index (Phi) is 3.54. The van der Waals surface area contributed by atoms with Crippen molar-refractivity contribution in [2.75, 3.05) is 7.11 Å². The second-order valence-corrected chi connectivity index (χ2v) is 2.98. The van der Waals surface area contributed by atoms with E-state index in [9.17, 15) is 4.79 Å². The summed E-state index contributed by atoms with van der Waals surface area (Å²) < 4.78 is 5.01. The molecular weight excluding hydrogens is 202 g/mol. The summed E-state index contributed by atoms with van der Waals surface area (Å²) in [5, 5.41) is 0.465. The molecule has 0 spiro atoms. The van der Waals surface area contributed by atoms with Gasteiger partial charge in [0, 0.05) is 6.08 Å². The number of ether oxygens (including phenoxy) is 1. The number of carbonyl (C=O) groups is 1. The maximum absolute atomic E-state index is 10.5. The lowest BCUT2D eigenvalue weighted by Crippen LogP contribution is -2.05. The third kappa shape index (κ3) is 2.50. The molecule has 74 valence electrons. The molecule has 0 atom stereocenters. The summed E-state index contributed by atoms with van der Waals surface area (Å²) in [7, 11) is 1.53. The van der Waals surface area contributed by atoms with Crippen LogP contribution in [0.4, 0.5) is 0 Å². The van der Waals surface area contributed by atoms with Crippen molar-refractivity contribution in [2.24, 2.45) is 5.73 Å². The van der Waals surface area contributed by atoms with E-state index in [-0.39, 0.29) is 0 Å². The van der Waals surface area contributed by atoms with E-state index in [0.717, 1.165) is 0 Å². The summed E-state index contributed by atoms with van der Waals surface area (Å²) in [6.45, 7) is 0. The molecule has 14 heavy (non-hydrogen) atoms. The average Bonchev–Trinajstić information content (AvgIpc) is 2.16. The first kappa shape index (κ1) is 10.6. The van der Waals surface area contributed by atoms with Crippen LogP contribution in [0.15, 0.2) is 24.3 Å². The van der Waals surface area contributed by atoms with E-state index in [1.54, 1.807) is 24.3 Å². The van der Waals surface area contributed by atoms with Crippen LogP contribution in [-0.4, -0.2) is 13.0 Å². The van der Waals surface area contributed by atoms with Gasteiger partial charge in [-0.3, -0.25) is 4.79 Å². The summed E-state index contributed by atoms with van der Waals surface area (Å²) in [6, 6.07) is 5.29. The number of carbonyl (C=O) groups excluding carboxylic acids is 1. The minimum Gasteiger partial charge on any atom is -0.495 e. The van der Waals surface area contributed by atoms with Crippen LogP contribution in [0, 0.1) is 0 Å². The Morgan fingerprint density at radius 3 is 2.86 bits per heavy atom. The van der Waals surface area contributed by atoms with Gasteiger partial charge in [0.2, 0.25) is 5.91 Å². The first-order valence-electron chi connectivity index (χ1n) is 3.95. The second-order valence-electron chi connectivity index (χ2n) is 2.60. The van der Waals surface area contributed by atoms with Crippen molar-refractivity contribution >= 4 is 23.6 Å². The zero-order valence-electron chi connectivity index (χ0n) is 7.66. The molecule has 4 heteroatoms. The molecule has 1 rings (SSSR count). The fourth-order valence-electron chi connectivity index (χ4n) is 0.986. The van der Waals surface area contributed by atoms with E-state index in [1.807, 2.05) is 0 Å². The molecule has 1 aromatic rings. The minimum absolute atomic E-state index is 0.465. The lowest BCUT2D eigenvalue weighted by molar-refractivity contribution is -0.113. The van der Waals surface area contributed by atoms with Crippen LogP contribution in [-0.2, 0) is 4.79 Å². The molecule has 1 amide bonds. The van der Waals surface area contributed by atoms with Gasteiger partial charge in [-0.2, -0.15) is 0 Å². The van der Waals surface area contributed by atoms with Gasteiger partial charge in [-0.25, -0.2) is 0 Å². The summed E-state index contributed by atoms with van der Waals surface area (Å²) in [5.41, 5.74) is 5.66. The molecule has 0 aliphatic heterocycles. The summed E-state index contributed by atoms with van der Waals surface area (Å²) >= 11 is 5.96. The van der Waals surface area contributed by atoms with Gasteiger partial charge in [-0.15, -0.1) is 0 Å². The molecule has 0 radical (unpaired) electrons. The van der Waals surface area contributed by atoms with Gasteiger partial charge in [0.15, 0.2) is 0 Å². The normalized spacial score (nSPS) is 10.4. The predicted octanol–water partition coefficient (Wildman–Crippen LogP) is 1.85. The third-order valence-corrected chi connectivity index (χ3v) is 2.04. The highest BCUT2D eigenvalue weighted by molar-refractivity contribution is 6.33. The highest BCUT2D eigenvalue weighted by Gasteiger charge is 2.02. The maximum Gasteiger partial charge on any atom is 0.241 e. The number of amides is 1. The lowest BCUT2D eigenvalue weighted by atomic mass is 10.2. The standard InChI is InChI=1S/C10H10ClNO2/c1-14-8-4-2-3-7(10(8)11)5-6-9(12)13/h2-6H,1H3,(H2,12,13)/b6-5+. The van der Waals surface area contributed by atoms with Crippen LogP contribution >= 0.6 is 11.6 Å². The van der Waals surface area contributed by atoms with Crippen molar-refractivity contribution in [1.82, 2.24) is 0 Å². The van der Waals surface area contributed by atoms with Crippen LogP contribution < -0.4 is 10.5 Å². The molecule has 0 saturated carbocycles. The van der Waals surface area contributed by atoms with Crippen molar-refractivity contribution in [3.8, 4) is 5.75 Å². The van der Waals surface area contributed by atoms with Gasteiger partial charge >= 0.3 is 0 Å². The number of primary amides is 1. The Balaban J connectivity index is 3.03. The molecule has 0 aliphatic carbocycles. The number of hydrogen-bond acceptors (Lipinski definition) is 2. The van der Waals surface area contributed by atoms with Gasteiger partial charge in [0.25, 0.3) is 0 Å². The topological polar surface area (TPSA) is 52.3 Å². The van der Waals surface area contributed by atoms with Crippen molar-refractivity contribution in [2.45, 2.75) is 0 Å². The minimum atomic E-state index is -0.510. The van der Waals surface area contributed by atoms with E-state index < -0.39 is 5.91 Å². The highest BCUT2D eigenvalue weighted by atomic mass is 35.5. The summed E-state index contributed by atoms with van der Waals surface area (Å²) in [4.78, 5) is 10.5. The molecule has 0 heterocycles. The summed E-state index contributed by atoms with van der Waals surface area (Å²) in [6.07, 6.45) is 2.80. The maximum atomic E-state index is 10.5. The van der Waals surface area contributed by atoms with Gasteiger partial charge in [0.1, 0.15) is 5.75 Å². The van der Waals surface area contributed by atoms with Gasteiger partial charge in [-0.05, 0) is 17.7 Å². The van der Waals surface area contributed by atoms with Crippen molar-refractivity contribution < 1.29 is 9.53 Å². The number of rotatable bonds is 3. The number of methoxy groups -OCH3 is 1. The highest BCUT2D eigenvalue weighted by Crippen LogP contribution is 2.28. The van der Waals surface area contributed by atoms with Gasteiger partial charge in [-0.1, -0.05) is 23.7 Å². The zero-order valence-corrected chi connectivity index (χ0v) is 8.41. The van der Waals surface area contributed by atoms with E-state index >= 15 is 0 Å². The summed E-state index contributed by atoms with van der Waals surface area (Å²) in [5.74, 6) is 0.0576.